The molecule has 0 saturated carbocycles. The van der Waals surface area contributed by atoms with E-state index in [2.05, 4.69) is 27.9 Å². The number of nitrogen functional groups attached to an aromatic ring is 1. The van der Waals surface area contributed by atoms with Crippen molar-refractivity contribution >= 4 is 27.4 Å². The van der Waals surface area contributed by atoms with Gasteiger partial charge in [0, 0.05) is 17.5 Å². The van der Waals surface area contributed by atoms with E-state index in [0.29, 0.717) is 23.4 Å². The number of fused-ring (bicyclic) bond motifs is 1. The van der Waals surface area contributed by atoms with E-state index < -0.39 is 0 Å². The van der Waals surface area contributed by atoms with E-state index in [9.17, 15) is 0 Å². The minimum atomic E-state index is 0.524. The summed E-state index contributed by atoms with van der Waals surface area (Å²) >= 11 is 1.70. The van der Waals surface area contributed by atoms with Crippen LogP contribution in [0.2, 0.25) is 0 Å². The largest absolute Gasteiger partial charge is 0.461 e. The predicted molar refractivity (Wildman–Crippen MR) is 105 cm³/mol. The number of nitrogens with zero attached hydrogens (tertiary/aromatic N) is 3. The molecule has 3 aromatic rings. The molecule has 4 heterocycles. The van der Waals surface area contributed by atoms with Crippen molar-refractivity contribution in [2.75, 3.05) is 12.3 Å². The van der Waals surface area contributed by atoms with Crippen molar-refractivity contribution in [3.8, 4) is 11.6 Å². The van der Waals surface area contributed by atoms with Crippen LogP contribution in [0.25, 0.3) is 21.8 Å². The van der Waals surface area contributed by atoms with Gasteiger partial charge in [0.25, 0.3) is 0 Å². The lowest BCUT2D eigenvalue weighted by atomic mass is 10.0. The van der Waals surface area contributed by atoms with Gasteiger partial charge in [0.05, 0.1) is 11.6 Å². The lowest BCUT2D eigenvalue weighted by molar-refractivity contribution is 0.154. The second-order valence-corrected chi connectivity index (χ2v) is 7.27. The van der Waals surface area contributed by atoms with Crippen LogP contribution in [-0.4, -0.2) is 27.5 Å². The first kappa shape index (κ1) is 17.9. The molecule has 0 radical (unpaired) electrons. The van der Waals surface area contributed by atoms with Gasteiger partial charge in [-0.05, 0) is 44.5 Å². The molecule has 1 atom stereocenters. The minimum Gasteiger partial charge on any atom is -0.461 e. The number of anilines is 1. The van der Waals surface area contributed by atoms with Crippen molar-refractivity contribution in [3.63, 3.8) is 0 Å². The van der Waals surface area contributed by atoms with Crippen LogP contribution in [-0.2, 0) is 6.54 Å². The molecule has 1 aliphatic rings. The average Bonchev–Trinajstić information content (AvgIpc) is 3.28. The molecule has 0 bridgehead atoms. The van der Waals surface area contributed by atoms with E-state index in [1.807, 2.05) is 26.0 Å². The van der Waals surface area contributed by atoms with E-state index in [-0.39, 0.29) is 0 Å². The highest BCUT2D eigenvalue weighted by Gasteiger charge is 2.20. The van der Waals surface area contributed by atoms with Crippen molar-refractivity contribution in [3.05, 3.63) is 29.3 Å². The number of hydrogen-bond acceptors (Lipinski definition) is 6. The summed E-state index contributed by atoms with van der Waals surface area (Å²) in [4.78, 5) is 13.8. The van der Waals surface area contributed by atoms with Crippen molar-refractivity contribution in [2.45, 2.75) is 52.6 Å². The molecule has 1 aliphatic heterocycles. The molecule has 4 rings (SSSR count). The van der Waals surface area contributed by atoms with Gasteiger partial charge in [0.2, 0.25) is 0 Å². The van der Waals surface area contributed by atoms with Gasteiger partial charge >= 0.3 is 0 Å². The molecule has 25 heavy (non-hydrogen) atoms. The average molecular weight is 359 g/mol. The Morgan fingerprint density at radius 2 is 2.16 bits per heavy atom. The zero-order valence-corrected chi connectivity index (χ0v) is 16.0. The Bertz CT molecular complexity index is 812. The summed E-state index contributed by atoms with van der Waals surface area (Å²) in [5.74, 6) is 1.73. The Morgan fingerprint density at radius 3 is 2.88 bits per heavy atom. The molecule has 2 N–H and O–H groups in total. The van der Waals surface area contributed by atoms with E-state index >= 15 is 0 Å². The molecule has 134 valence electrons. The quantitative estimate of drug-likeness (QED) is 0.718. The zero-order valence-electron chi connectivity index (χ0n) is 15.2. The van der Waals surface area contributed by atoms with E-state index in [0.717, 1.165) is 16.8 Å². The first-order valence-corrected chi connectivity index (χ1v) is 9.86. The fraction of sp³-hybridized carbons (Fsp3) is 0.474. The lowest BCUT2D eigenvalue weighted by Gasteiger charge is -2.32. The highest BCUT2D eigenvalue weighted by Crippen LogP contribution is 2.31. The van der Waals surface area contributed by atoms with Gasteiger partial charge in [-0.1, -0.05) is 20.3 Å². The Morgan fingerprint density at radius 1 is 1.32 bits per heavy atom. The number of piperidine rings is 1. The normalized spacial score (nSPS) is 18.1. The second-order valence-electron chi connectivity index (χ2n) is 6.16. The van der Waals surface area contributed by atoms with Gasteiger partial charge in [-0.25, -0.2) is 9.97 Å². The van der Waals surface area contributed by atoms with E-state index in [1.54, 1.807) is 17.6 Å². The summed E-state index contributed by atoms with van der Waals surface area (Å²) in [6.45, 7) is 8.46. The number of hydrogen-bond donors (Lipinski definition) is 1. The Balaban J connectivity index is 0.000000880. The highest BCUT2D eigenvalue weighted by molar-refractivity contribution is 7.18. The maximum atomic E-state index is 6.14. The summed E-state index contributed by atoms with van der Waals surface area (Å²) < 4.78 is 5.38. The number of aromatic nitrogens is 2. The molecule has 3 aromatic heterocycles. The molecule has 0 aromatic carbocycles. The monoisotopic (exact) mass is 358 g/mol. The fourth-order valence-electron chi connectivity index (χ4n) is 3.18. The zero-order chi connectivity index (χ0) is 17.8. The smallest absolute Gasteiger partial charge is 0.199 e. The molecule has 6 heteroatoms. The molecule has 0 aliphatic carbocycles. The molecule has 0 spiro atoms. The first-order chi connectivity index (χ1) is 12.2. The van der Waals surface area contributed by atoms with Crippen LogP contribution >= 0.6 is 11.3 Å². The third kappa shape index (κ3) is 3.85. The van der Waals surface area contributed by atoms with E-state index in [4.69, 9.17) is 10.2 Å². The first-order valence-electron chi connectivity index (χ1n) is 9.04. The van der Waals surface area contributed by atoms with Crippen molar-refractivity contribution in [2.24, 2.45) is 0 Å². The molecule has 5 nitrogen and oxygen atoms in total. The number of likely N-dealkylation sites (tertiary alicyclic amines) is 1. The van der Waals surface area contributed by atoms with E-state index in [1.165, 1.54) is 30.7 Å². The standard InChI is InChI=1S/C17H20N4OS.C2H6/c1-11-5-2-3-7-21(11)10-12-9-13-15(18)19-16(20-17(13)23-12)14-6-4-8-22-14;1-2/h4,6,8-9,11H,2-3,5,7,10H2,1H3,(H2,18,19,20);1-2H3/t11-;/m0./s1. The van der Waals surface area contributed by atoms with Crippen LogP contribution in [0.15, 0.2) is 28.9 Å². The Labute approximate surface area is 152 Å². The number of rotatable bonds is 3. The number of thiophene rings is 1. The molecule has 1 fully saturated rings. The number of furan rings is 1. The van der Waals surface area contributed by atoms with Crippen LogP contribution in [0.1, 0.15) is 44.9 Å². The minimum absolute atomic E-state index is 0.524. The van der Waals surface area contributed by atoms with Crippen molar-refractivity contribution in [1.82, 2.24) is 14.9 Å². The predicted octanol–water partition coefficient (Wildman–Crippen LogP) is 4.93. The van der Waals surface area contributed by atoms with Crippen LogP contribution < -0.4 is 5.73 Å². The Kier molecular flexibility index (Phi) is 5.71. The third-order valence-corrected chi connectivity index (χ3v) is 5.53. The van der Waals surface area contributed by atoms with Gasteiger partial charge in [0.15, 0.2) is 11.6 Å². The SMILES string of the molecule is CC.C[C@H]1CCCCN1Cc1cc2c(N)nc(-c3ccco3)nc2s1. The van der Waals surface area contributed by atoms with Gasteiger partial charge in [-0.3, -0.25) is 4.90 Å². The second kappa shape index (κ2) is 7.97. The maximum Gasteiger partial charge on any atom is 0.199 e. The third-order valence-electron chi connectivity index (χ3n) is 4.51. The number of nitrogens with two attached hydrogens (primary N) is 1. The molecular weight excluding hydrogens is 332 g/mol. The Hall–Kier alpha value is -1.92. The van der Waals surface area contributed by atoms with Crippen LogP contribution in [0.4, 0.5) is 5.82 Å². The van der Waals surface area contributed by atoms with Gasteiger partial charge < -0.3 is 10.2 Å². The summed E-state index contributed by atoms with van der Waals surface area (Å²) in [5, 5.41) is 0.949. The summed E-state index contributed by atoms with van der Waals surface area (Å²) in [7, 11) is 0. The molecule has 1 saturated heterocycles. The summed E-state index contributed by atoms with van der Waals surface area (Å²) in [6, 6.07) is 6.47. The molecular formula is C19H26N4OS. The van der Waals surface area contributed by atoms with Gasteiger partial charge in [-0.2, -0.15) is 0 Å². The van der Waals surface area contributed by atoms with Gasteiger partial charge in [-0.15, -0.1) is 11.3 Å². The topological polar surface area (TPSA) is 68.2 Å². The van der Waals surface area contributed by atoms with Crippen LogP contribution in [0.3, 0.4) is 0 Å². The lowest BCUT2D eigenvalue weighted by Crippen LogP contribution is -2.36. The fourth-order valence-corrected chi connectivity index (χ4v) is 4.24. The van der Waals surface area contributed by atoms with Gasteiger partial charge in [0.1, 0.15) is 10.6 Å². The molecule has 0 unspecified atom stereocenters. The summed E-state index contributed by atoms with van der Waals surface area (Å²) in [6.07, 6.45) is 5.54. The van der Waals surface area contributed by atoms with Crippen LogP contribution in [0.5, 0.6) is 0 Å². The maximum absolute atomic E-state index is 6.14. The van der Waals surface area contributed by atoms with Crippen molar-refractivity contribution in [1.29, 1.82) is 0 Å². The highest BCUT2D eigenvalue weighted by atomic mass is 32.1. The molecule has 0 amide bonds. The summed E-state index contributed by atoms with van der Waals surface area (Å²) in [5.41, 5.74) is 6.14. The van der Waals surface area contributed by atoms with Crippen molar-refractivity contribution < 1.29 is 4.42 Å². The van der Waals surface area contributed by atoms with Crippen LogP contribution in [0, 0.1) is 0 Å².